The molecule has 2 amide bonds. The summed E-state index contributed by atoms with van der Waals surface area (Å²) in [7, 11) is 0. The van der Waals surface area contributed by atoms with E-state index >= 15 is 0 Å². The minimum Gasteiger partial charge on any atom is -0.340 e. The third-order valence-electron chi connectivity index (χ3n) is 5.86. The Labute approximate surface area is 176 Å². The summed E-state index contributed by atoms with van der Waals surface area (Å²) >= 11 is 5.95. The van der Waals surface area contributed by atoms with Crippen molar-refractivity contribution in [2.75, 3.05) is 26.2 Å². The number of carbonyl (C=O) groups excluding carboxylic acids is 2. The lowest BCUT2D eigenvalue weighted by molar-refractivity contribution is -0.139. The first kappa shape index (κ1) is 19.9. The molecule has 3 heterocycles. The molecule has 152 valence electrons. The van der Waals surface area contributed by atoms with Crippen LogP contribution in [-0.2, 0) is 16.0 Å². The van der Waals surface area contributed by atoms with Crippen molar-refractivity contribution < 1.29 is 9.59 Å². The Balaban J connectivity index is 1.35. The van der Waals surface area contributed by atoms with Crippen LogP contribution in [0.1, 0.15) is 48.4 Å². The van der Waals surface area contributed by atoms with Gasteiger partial charge in [0.1, 0.15) is 0 Å². The predicted octanol–water partition coefficient (Wildman–Crippen LogP) is 3.65. The lowest BCUT2D eigenvalue weighted by atomic mass is 9.93. The van der Waals surface area contributed by atoms with Gasteiger partial charge in [0.05, 0.1) is 6.54 Å². The second-order valence-corrected chi connectivity index (χ2v) is 8.43. The normalized spacial score (nSPS) is 19.6. The summed E-state index contributed by atoms with van der Waals surface area (Å²) in [6.45, 7) is 2.38. The quantitative estimate of drug-likeness (QED) is 0.754. The van der Waals surface area contributed by atoms with Crippen molar-refractivity contribution in [1.82, 2.24) is 14.8 Å². The zero-order valence-electron chi connectivity index (χ0n) is 16.5. The van der Waals surface area contributed by atoms with Crippen LogP contribution >= 0.6 is 11.6 Å². The van der Waals surface area contributed by atoms with Crippen molar-refractivity contribution in [2.45, 2.75) is 38.0 Å². The van der Waals surface area contributed by atoms with Gasteiger partial charge < -0.3 is 9.80 Å². The molecule has 29 heavy (non-hydrogen) atoms. The van der Waals surface area contributed by atoms with E-state index in [1.165, 1.54) is 5.56 Å². The van der Waals surface area contributed by atoms with Crippen LogP contribution in [0.3, 0.4) is 0 Å². The molecule has 0 N–H and O–H groups in total. The third-order valence-corrected chi connectivity index (χ3v) is 6.11. The third kappa shape index (κ3) is 4.96. The molecule has 1 atom stereocenters. The van der Waals surface area contributed by atoms with Gasteiger partial charge in [0, 0.05) is 48.9 Å². The molecule has 2 aromatic rings. The zero-order valence-corrected chi connectivity index (χ0v) is 17.3. The molecule has 2 fully saturated rings. The average molecular weight is 412 g/mol. The molecule has 1 aromatic carbocycles. The number of halogens is 1. The summed E-state index contributed by atoms with van der Waals surface area (Å²) in [6, 6.07) is 12.1. The Hall–Kier alpha value is -2.40. The van der Waals surface area contributed by atoms with Gasteiger partial charge in [-0.25, -0.2) is 0 Å². The standard InChI is InChI=1S/C23H26ClN3O2/c24-20-8-5-17(6-9-20)13-18-7-10-21(25-14-18)19-3-1-11-26(15-19)23(29)16-27-12-2-4-22(27)28/h5-10,14,19H,1-4,11-13,15-16H2/t19-/m0/s1. The first-order valence-corrected chi connectivity index (χ1v) is 10.7. The van der Waals surface area contributed by atoms with Gasteiger partial charge in [0.15, 0.2) is 0 Å². The molecule has 1 aromatic heterocycles. The van der Waals surface area contributed by atoms with E-state index in [1.54, 1.807) is 4.90 Å². The van der Waals surface area contributed by atoms with Crippen molar-refractivity contribution in [2.24, 2.45) is 0 Å². The topological polar surface area (TPSA) is 53.5 Å². The van der Waals surface area contributed by atoms with Crippen molar-refractivity contribution in [1.29, 1.82) is 0 Å². The van der Waals surface area contributed by atoms with Gasteiger partial charge in [-0.05, 0) is 55.0 Å². The highest BCUT2D eigenvalue weighted by atomic mass is 35.5. The summed E-state index contributed by atoms with van der Waals surface area (Å²) < 4.78 is 0. The fourth-order valence-electron chi connectivity index (χ4n) is 4.20. The fraction of sp³-hybridized carbons (Fsp3) is 0.435. The molecule has 4 rings (SSSR count). The number of carbonyl (C=O) groups is 2. The molecular weight excluding hydrogens is 386 g/mol. The second-order valence-electron chi connectivity index (χ2n) is 7.99. The Morgan fingerprint density at radius 1 is 1.07 bits per heavy atom. The SMILES string of the molecule is O=C1CCCN1CC(=O)N1CCC[C@H](c2ccc(Cc3ccc(Cl)cc3)cn2)C1. The number of hydrogen-bond acceptors (Lipinski definition) is 3. The number of pyridine rings is 1. The average Bonchev–Trinajstić information content (AvgIpc) is 3.15. The van der Waals surface area contributed by atoms with E-state index < -0.39 is 0 Å². The van der Waals surface area contributed by atoms with Crippen LogP contribution in [0.15, 0.2) is 42.6 Å². The minimum absolute atomic E-state index is 0.0595. The Kier molecular flexibility index (Phi) is 6.14. The monoisotopic (exact) mass is 411 g/mol. The number of benzene rings is 1. The van der Waals surface area contributed by atoms with Gasteiger partial charge in [-0.15, -0.1) is 0 Å². The molecule has 0 aliphatic carbocycles. The number of hydrogen-bond donors (Lipinski definition) is 0. The van der Waals surface area contributed by atoms with Crippen LogP contribution in [0.5, 0.6) is 0 Å². The molecule has 0 spiro atoms. The van der Waals surface area contributed by atoms with Crippen molar-refractivity contribution in [3.8, 4) is 0 Å². The lowest BCUT2D eigenvalue weighted by Crippen LogP contribution is -2.45. The van der Waals surface area contributed by atoms with Crippen LogP contribution in [0.25, 0.3) is 0 Å². The molecule has 0 unspecified atom stereocenters. The summed E-state index contributed by atoms with van der Waals surface area (Å²) in [6.07, 6.45) is 6.20. The maximum atomic E-state index is 12.7. The predicted molar refractivity (Wildman–Crippen MR) is 113 cm³/mol. The van der Waals surface area contributed by atoms with Crippen LogP contribution in [-0.4, -0.2) is 52.8 Å². The molecule has 2 aliphatic rings. The van der Waals surface area contributed by atoms with Gasteiger partial charge >= 0.3 is 0 Å². The van der Waals surface area contributed by atoms with Crippen molar-refractivity contribution in [3.05, 3.63) is 64.4 Å². The fourth-order valence-corrected chi connectivity index (χ4v) is 4.33. The second kappa shape index (κ2) is 8.95. The van der Waals surface area contributed by atoms with Gasteiger partial charge in [-0.3, -0.25) is 14.6 Å². The van der Waals surface area contributed by atoms with Crippen molar-refractivity contribution >= 4 is 23.4 Å². The highest BCUT2D eigenvalue weighted by Crippen LogP contribution is 2.26. The van der Waals surface area contributed by atoms with Crippen LogP contribution in [0, 0.1) is 0 Å². The van der Waals surface area contributed by atoms with E-state index in [2.05, 4.69) is 12.1 Å². The highest BCUT2D eigenvalue weighted by molar-refractivity contribution is 6.30. The molecule has 0 radical (unpaired) electrons. The first-order valence-electron chi connectivity index (χ1n) is 10.3. The minimum atomic E-state index is 0.0595. The molecular formula is C23H26ClN3O2. The van der Waals surface area contributed by atoms with E-state index in [1.807, 2.05) is 35.4 Å². The van der Waals surface area contributed by atoms with Gasteiger partial charge in [-0.1, -0.05) is 29.8 Å². The number of nitrogens with zero attached hydrogens (tertiary/aromatic N) is 3. The molecule has 0 saturated carbocycles. The summed E-state index contributed by atoms with van der Waals surface area (Å²) in [5.74, 6) is 0.417. The Bertz CT molecular complexity index is 867. The summed E-state index contributed by atoms with van der Waals surface area (Å²) in [4.78, 5) is 32.7. The van der Waals surface area contributed by atoms with Gasteiger partial charge in [0.25, 0.3) is 0 Å². The smallest absolute Gasteiger partial charge is 0.242 e. The molecule has 2 aliphatic heterocycles. The Morgan fingerprint density at radius 3 is 2.55 bits per heavy atom. The first-order chi connectivity index (χ1) is 14.1. The van der Waals surface area contributed by atoms with E-state index in [9.17, 15) is 9.59 Å². The maximum absolute atomic E-state index is 12.7. The molecule has 6 heteroatoms. The maximum Gasteiger partial charge on any atom is 0.242 e. The largest absolute Gasteiger partial charge is 0.340 e. The summed E-state index contributed by atoms with van der Waals surface area (Å²) in [5, 5.41) is 0.743. The number of aromatic nitrogens is 1. The van der Waals surface area contributed by atoms with E-state index in [0.29, 0.717) is 19.5 Å². The Morgan fingerprint density at radius 2 is 1.86 bits per heavy atom. The van der Waals surface area contributed by atoms with Gasteiger partial charge in [0.2, 0.25) is 11.8 Å². The number of likely N-dealkylation sites (tertiary alicyclic amines) is 2. The van der Waals surface area contributed by atoms with Gasteiger partial charge in [-0.2, -0.15) is 0 Å². The van der Waals surface area contributed by atoms with Crippen molar-refractivity contribution in [3.63, 3.8) is 0 Å². The van der Waals surface area contributed by atoms with E-state index in [0.717, 1.165) is 48.5 Å². The number of amides is 2. The highest BCUT2D eigenvalue weighted by Gasteiger charge is 2.29. The molecule has 0 bridgehead atoms. The number of piperidine rings is 1. The summed E-state index contributed by atoms with van der Waals surface area (Å²) in [5.41, 5.74) is 3.40. The van der Waals surface area contributed by atoms with Crippen LogP contribution < -0.4 is 0 Å². The number of rotatable bonds is 5. The van der Waals surface area contributed by atoms with E-state index in [-0.39, 0.29) is 24.3 Å². The molecule has 2 saturated heterocycles. The van der Waals surface area contributed by atoms with Crippen LogP contribution in [0.2, 0.25) is 5.02 Å². The lowest BCUT2D eigenvalue weighted by Gasteiger charge is -2.33. The van der Waals surface area contributed by atoms with Crippen LogP contribution in [0.4, 0.5) is 0 Å². The van der Waals surface area contributed by atoms with E-state index in [4.69, 9.17) is 16.6 Å². The molecule has 5 nitrogen and oxygen atoms in total. The zero-order chi connectivity index (χ0) is 20.2.